The second kappa shape index (κ2) is 11.3. The van der Waals surface area contributed by atoms with Crippen molar-refractivity contribution in [3.8, 4) is 6.07 Å². The summed E-state index contributed by atoms with van der Waals surface area (Å²) >= 11 is 6.79. The molecular formula is C27H31N5O2S2. The lowest BCUT2D eigenvalue weighted by Crippen LogP contribution is -2.48. The molecule has 4 rings (SSSR count). The fourth-order valence-corrected chi connectivity index (χ4v) is 6.02. The minimum absolute atomic E-state index is 0.106. The number of aromatic nitrogens is 1. The first-order valence-corrected chi connectivity index (χ1v) is 13.6. The number of benzene rings is 1. The van der Waals surface area contributed by atoms with Gasteiger partial charge in [-0.2, -0.15) is 5.26 Å². The van der Waals surface area contributed by atoms with E-state index >= 15 is 0 Å². The van der Waals surface area contributed by atoms with Gasteiger partial charge in [0.1, 0.15) is 21.8 Å². The standard InChI is InChI=1S/C27H31N5O2S2/c1-4-6-12-32-26(34)23(36-27(32)35)17-21-19(3)22(18-28)25(33)31(5-2)24(21)30-15-13-29(14-16-30)20-10-8-7-9-11-20/h7-11,17H,4-6,12-16H2,1-3H3/b23-17-. The van der Waals surface area contributed by atoms with Crippen LogP contribution in [0.4, 0.5) is 11.5 Å². The normalized spacial score (nSPS) is 17.3. The maximum atomic E-state index is 13.3. The number of unbranched alkanes of at least 4 members (excludes halogenated alkanes) is 1. The summed E-state index contributed by atoms with van der Waals surface area (Å²) in [6.45, 7) is 9.88. The second-order valence-corrected chi connectivity index (χ2v) is 10.6. The number of piperazine rings is 1. The van der Waals surface area contributed by atoms with Crippen molar-refractivity contribution in [3.63, 3.8) is 0 Å². The van der Waals surface area contributed by atoms with Gasteiger partial charge in [-0.25, -0.2) is 0 Å². The molecule has 2 saturated heterocycles. The fourth-order valence-electron chi connectivity index (χ4n) is 4.73. The number of nitriles is 1. The number of thiocarbonyl (C=S) groups is 1. The lowest BCUT2D eigenvalue weighted by atomic mass is 10.0. The van der Waals surface area contributed by atoms with E-state index in [1.807, 2.05) is 31.2 Å². The van der Waals surface area contributed by atoms with Crippen LogP contribution in [0.25, 0.3) is 6.08 Å². The Morgan fingerprint density at radius 2 is 1.75 bits per heavy atom. The van der Waals surface area contributed by atoms with E-state index in [9.17, 15) is 14.9 Å². The predicted octanol–water partition coefficient (Wildman–Crippen LogP) is 4.38. The average Bonchev–Trinajstić information content (AvgIpc) is 3.16. The molecule has 9 heteroatoms. The summed E-state index contributed by atoms with van der Waals surface area (Å²) in [5.74, 6) is 0.663. The van der Waals surface area contributed by atoms with Crippen molar-refractivity contribution in [2.75, 3.05) is 42.5 Å². The third-order valence-corrected chi connectivity index (χ3v) is 8.13. The Hall–Kier alpha value is -3.09. The zero-order valence-corrected chi connectivity index (χ0v) is 22.6. The zero-order chi connectivity index (χ0) is 25.8. The number of pyridine rings is 1. The molecule has 1 aromatic carbocycles. The third-order valence-electron chi connectivity index (χ3n) is 6.75. The number of carbonyl (C=O) groups is 1. The van der Waals surface area contributed by atoms with E-state index in [1.165, 1.54) is 17.4 Å². The van der Waals surface area contributed by atoms with Crippen molar-refractivity contribution in [2.45, 2.75) is 40.2 Å². The highest BCUT2D eigenvalue weighted by Gasteiger charge is 2.33. The Bertz CT molecular complexity index is 1290. The molecule has 1 aromatic heterocycles. The molecule has 36 heavy (non-hydrogen) atoms. The van der Waals surface area contributed by atoms with Crippen LogP contribution in [-0.2, 0) is 11.3 Å². The van der Waals surface area contributed by atoms with Crippen molar-refractivity contribution < 1.29 is 4.79 Å². The van der Waals surface area contributed by atoms with E-state index in [4.69, 9.17) is 12.2 Å². The molecule has 0 N–H and O–H groups in total. The topological polar surface area (TPSA) is 72.6 Å². The van der Waals surface area contributed by atoms with Crippen LogP contribution in [-0.4, -0.2) is 52.4 Å². The Balaban J connectivity index is 1.75. The quantitative estimate of drug-likeness (QED) is 0.396. The van der Waals surface area contributed by atoms with Gasteiger partial charge in [0.2, 0.25) is 0 Å². The number of amides is 1. The molecule has 0 aliphatic carbocycles. The molecule has 3 heterocycles. The summed E-state index contributed by atoms with van der Waals surface area (Å²) in [6.07, 6.45) is 3.70. The number of thioether (sulfide) groups is 1. The molecule has 0 saturated carbocycles. The van der Waals surface area contributed by atoms with E-state index in [0.717, 1.165) is 50.4 Å². The van der Waals surface area contributed by atoms with Gasteiger partial charge in [-0.15, -0.1) is 0 Å². The molecule has 0 spiro atoms. The number of anilines is 2. The van der Waals surface area contributed by atoms with Gasteiger partial charge in [-0.1, -0.05) is 55.5 Å². The van der Waals surface area contributed by atoms with Crippen LogP contribution in [0, 0.1) is 18.3 Å². The van der Waals surface area contributed by atoms with E-state index in [1.54, 1.807) is 16.4 Å². The van der Waals surface area contributed by atoms with Gasteiger partial charge < -0.3 is 9.80 Å². The molecule has 1 amide bonds. The highest BCUT2D eigenvalue weighted by Crippen LogP contribution is 2.36. The Kier molecular flexibility index (Phi) is 8.17. The maximum Gasteiger partial charge on any atom is 0.270 e. The van der Waals surface area contributed by atoms with E-state index in [2.05, 4.69) is 34.9 Å². The minimum atomic E-state index is -0.286. The lowest BCUT2D eigenvalue weighted by molar-refractivity contribution is -0.122. The van der Waals surface area contributed by atoms with Gasteiger partial charge in [0.05, 0.1) is 4.91 Å². The Labute approximate surface area is 222 Å². The SMILES string of the molecule is CCCCN1C(=O)/C(=C/c2c(C)c(C#N)c(=O)n(CC)c2N2CCN(c3ccccc3)CC2)SC1=S. The largest absolute Gasteiger partial charge is 0.368 e. The van der Waals surface area contributed by atoms with E-state index in [-0.39, 0.29) is 17.0 Å². The first kappa shape index (κ1) is 26.0. The summed E-state index contributed by atoms with van der Waals surface area (Å²) in [7, 11) is 0. The summed E-state index contributed by atoms with van der Waals surface area (Å²) in [5.41, 5.74) is 2.36. The van der Waals surface area contributed by atoms with Crippen LogP contribution in [0.1, 0.15) is 43.4 Å². The molecule has 0 atom stereocenters. The molecule has 0 radical (unpaired) electrons. The van der Waals surface area contributed by atoms with Crippen LogP contribution < -0.4 is 15.4 Å². The van der Waals surface area contributed by atoms with Crippen molar-refractivity contribution in [1.82, 2.24) is 9.47 Å². The molecular weight excluding hydrogens is 490 g/mol. The molecule has 188 valence electrons. The Morgan fingerprint density at radius 1 is 1.08 bits per heavy atom. The summed E-state index contributed by atoms with van der Waals surface area (Å²) < 4.78 is 2.23. The number of carbonyl (C=O) groups excluding carboxylic acids is 1. The predicted molar refractivity (Wildman–Crippen MR) is 151 cm³/mol. The molecule has 2 aromatic rings. The number of nitrogens with zero attached hydrogens (tertiary/aromatic N) is 5. The number of rotatable bonds is 7. The molecule has 7 nitrogen and oxygen atoms in total. The summed E-state index contributed by atoms with van der Waals surface area (Å²) in [4.78, 5) is 33.2. The highest BCUT2D eigenvalue weighted by molar-refractivity contribution is 8.26. The van der Waals surface area contributed by atoms with E-state index < -0.39 is 0 Å². The number of hydrogen-bond donors (Lipinski definition) is 0. The van der Waals surface area contributed by atoms with Gasteiger partial charge >= 0.3 is 0 Å². The van der Waals surface area contributed by atoms with Crippen LogP contribution in [0.15, 0.2) is 40.0 Å². The van der Waals surface area contributed by atoms with Crippen LogP contribution in [0.2, 0.25) is 0 Å². The summed E-state index contributed by atoms with van der Waals surface area (Å²) in [5, 5.41) is 9.79. The van der Waals surface area contributed by atoms with Crippen molar-refractivity contribution in [3.05, 3.63) is 62.3 Å². The number of para-hydroxylation sites is 1. The van der Waals surface area contributed by atoms with Gasteiger partial charge in [-0.05, 0) is 44.0 Å². The maximum absolute atomic E-state index is 13.3. The van der Waals surface area contributed by atoms with Gasteiger partial charge in [0.25, 0.3) is 11.5 Å². The minimum Gasteiger partial charge on any atom is -0.368 e. The Morgan fingerprint density at radius 3 is 2.36 bits per heavy atom. The molecule has 2 aliphatic rings. The third kappa shape index (κ3) is 4.93. The van der Waals surface area contributed by atoms with Crippen LogP contribution >= 0.6 is 24.0 Å². The first-order chi connectivity index (χ1) is 17.4. The van der Waals surface area contributed by atoms with Crippen molar-refractivity contribution in [1.29, 1.82) is 5.26 Å². The average molecular weight is 522 g/mol. The summed E-state index contributed by atoms with van der Waals surface area (Å²) in [6, 6.07) is 12.4. The van der Waals surface area contributed by atoms with Crippen molar-refractivity contribution >= 4 is 51.8 Å². The highest BCUT2D eigenvalue weighted by atomic mass is 32.2. The monoisotopic (exact) mass is 521 g/mol. The van der Waals surface area contributed by atoms with E-state index in [0.29, 0.717) is 27.9 Å². The smallest absolute Gasteiger partial charge is 0.270 e. The second-order valence-electron chi connectivity index (χ2n) is 8.90. The van der Waals surface area contributed by atoms with Crippen LogP contribution in [0.5, 0.6) is 0 Å². The molecule has 0 unspecified atom stereocenters. The lowest BCUT2D eigenvalue weighted by Gasteiger charge is -2.39. The molecule has 2 fully saturated rings. The number of hydrogen-bond acceptors (Lipinski definition) is 7. The molecule has 0 bridgehead atoms. The van der Waals surface area contributed by atoms with Crippen LogP contribution in [0.3, 0.4) is 0 Å². The zero-order valence-electron chi connectivity index (χ0n) is 21.0. The van der Waals surface area contributed by atoms with Gasteiger partial charge in [-0.3, -0.25) is 19.1 Å². The van der Waals surface area contributed by atoms with Crippen molar-refractivity contribution in [2.24, 2.45) is 0 Å². The van der Waals surface area contributed by atoms with Gasteiger partial charge in [0, 0.05) is 50.5 Å². The fraction of sp³-hybridized carbons (Fsp3) is 0.407. The first-order valence-electron chi connectivity index (χ1n) is 12.4. The molecule has 2 aliphatic heterocycles. The van der Waals surface area contributed by atoms with Gasteiger partial charge in [0.15, 0.2) is 0 Å².